The molecule has 1 aromatic rings. The standard InChI is InChI=1S/C14H21N5O/c1-11-3-2-8-18(9-11)14(20)13-10-19(17-16-13)12-4-6-15-7-5-12/h3,10,12,15H,2,4-9H2,1H3. The Morgan fingerprint density at radius 3 is 2.95 bits per heavy atom. The van der Waals surface area contributed by atoms with Crippen LogP contribution < -0.4 is 5.32 Å². The fourth-order valence-electron chi connectivity index (χ4n) is 2.87. The molecule has 0 aromatic carbocycles. The summed E-state index contributed by atoms with van der Waals surface area (Å²) >= 11 is 0. The van der Waals surface area contributed by atoms with Crippen LogP contribution in [-0.2, 0) is 0 Å². The van der Waals surface area contributed by atoms with Crippen molar-refractivity contribution in [3.05, 3.63) is 23.5 Å². The number of amides is 1. The van der Waals surface area contributed by atoms with Crippen molar-refractivity contribution in [2.24, 2.45) is 0 Å². The van der Waals surface area contributed by atoms with E-state index in [1.165, 1.54) is 5.57 Å². The number of carbonyl (C=O) groups excluding carboxylic acids is 1. The first kappa shape index (κ1) is 13.3. The number of hydrogen-bond donors (Lipinski definition) is 1. The monoisotopic (exact) mass is 275 g/mol. The second kappa shape index (κ2) is 5.75. The van der Waals surface area contributed by atoms with Gasteiger partial charge < -0.3 is 10.2 Å². The van der Waals surface area contributed by atoms with Gasteiger partial charge in [0.1, 0.15) is 0 Å². The molecule has 6 nitrogen and oxygen atoms in total. The average Bonchev–Trinajstić information content (AvgIpc) is 2.97. The van der Waals surface area contributed by atoms with Crippen molar-refractivity contribution in [1.29, 1.82) is 0 Å². The number of nitrogens with zero attached hydrogens (tertiary/aromatic N) is 4. The van der Waals surface area contributed by atoms with Gasteiger partial charge in [-0.2, -0.15) is 0 Å². The fraction of sp³-hybridized carbons (Fsp3) is 0.643. The lowest BCUT2D eigenvalue weighted by molar-refractivity contribution is 0.0760. The maximum absolute atomic E-state index is 12.4. The number of carbonyl (C=O) groups is 1. The van der Waals surface area contributed by atoms with Crippen LogP contribution in [0, 0.1) is 0 Å². The summed E-state index contributed by atoms with van der Waals surface area (Å²) < 4.78 is 1.86. The molecule has 1 fully saturated rings. The van der Waals surface area contributed by atoms with Gasteiger partial charge in [-0.25, -0.2) is 4.68 Å². The van der Waals surface area contributed by atoms with Gasteiger partial charge in [0.25, 0.3) is 5.91 Å². The molecule has 2 aliphatic rings. The van der Waals surface area contributed by atoms with Gasteiger partial charge in [-0.15, -0.1) is 5.10 Å². The molecular formula is C14H21N5O. The number of hydrogen-bond acceptors (Lipinski definition) is 4. The van der Waals surface area contributed by atoms with Crippen LogP contribution in [0.15, 0.2) is 17.8 Å². The second-order valence-electron chi connectivity index (χ2n) is 5.63. The average molecular weight is 275 g/mol. The van der Waals surface area contributed by atoms with Crippen LogP contribution >= 0.6 is 0 Å². The Kier molecular flexibility index (Phi) is 3.82. The van der Waals surface area contributed by atoms with Gasteiger partial charge in [-0.1, -0.05) is 16.9 Å². The van der Waals surface area contributed by atoms with Gasteiger partial charge in [0.05, 0.1) is 12.2 Å². The molecule has 0 bridgehead atoms. The first-order valence-corrected chi connectivity index (χ1v) is 7.31. The lowest BCUT2D eigenvalue weighted by Gasteiger charge is -2.25. The molecular weight excluding hydrogens is 254 g/mol. The van der Waals surface area contributed by atoms with E-state index in [9.17, 15) is 4.79 Å². The minimum absolute atomic E-state index is 0.00219. The van der Waals surface area contributed by atoms with Crippen molar-refractivity contribution in [1.82, 2.24) is 25.2 Å². The first-order valence-electron chi connectivity index (χ1n) is 7.31. The lowest BCUT2D eigenvalue weighted by Crippen LogP contribution is -2.35. The Balaban J connectivity index is 1.69. The van der Waals surface area contributed by atoms with Crippen LogP contribution in [0.25, 0.3) is 0 Å². The summed E-state index contributed by atoms with van der Waals surface area (Å²) in [5.41, 5.74) is 1.72. The van der Waals surface area contributed by atoms with E-state index >= 15 is 0 Å². The van der Waals surface area contributed by atoms with Crippen LogP contribution in [0.5, 0.6) is 0 Å². The summed E-state index contributed by atoms with van der Waals surface area (Å²) in [6.07, 6.45) is 7.02. The van der Waals surface area contributed by atoms with Gasteiger partial charge in [0.15, 0.2) is 5.69 Å². The highest BCUT2D eigenvalue weighted by Gasteiger charge is 2.23. The Labute approximate surface area is 118 Å². The zero-order valence-corrected chi connectivity index (χ0v) is 11.9. The molecule has 1 amide bonds. The number of piperidine rings is 1. The zero-order chi connectivity index (χ0) is 13.9. The van der Waals surface area contributed by atoms with E-state index in [1.54, 1.807) is 0 Å². The van der Waals surface area contributed by atoms with Crippen LogP contribution in [0.3, 0.4) is 0 Å². The Morgan fingerprint density at radius 2 is 2.20 bits per heavy atom. The highest BCUT2D eigenvalue weighted by atomic mass is 16.2. The first-order chi connectivity index (χ1) is 9.74. The van der Waals surface area contributed by atoms with E-state index < -0.39 is 0 Å². The van der Waals surface area contributed by atoms with Crippen molar-refractivity contribution >= 4 is 5.91 Å². The molecule has 2 aliphatic heterocycles. The molecule has 0 saturated carbocycles. The van der Waals surface area contributed by atoms with Crippen molar-refractivity contribution in [2.45, 2.75) is 32.2 Å². The molecule has 3 heterocycles. The molecule has 1 N–H and O–H groups in total. The predicted molar refractivity (Wildman–Crippen MR) is 75.4 cm³/mol. The number of nitrogens with one attached hydrogen (secondary N) is 1. The Morgan fingerprint density at radius 1 is 1.40 bits per heavy atom. The summed E-state index contributed by atoms with van der Waals surface area (Å²) in [6.45, 7) is 5.55. The highest BCUT2D eigenvalue weighted by Crippen LogP contribution is 2.18. The number of aromatic nitrogens is 3. The number of rotatable bonds is 2. The van der Waals surface area contributed by atoms with E-state index in [2.05, 4.69) is 28.6 Å². The molecule has 0 atom stereocenters. The quantitative estimate of drug-likeness (QED) is 0.818. The lowest BCUT2D eigenvalue weighted by atomic mass is 10.1. The second-order valence-corrected chi connectivity index (χ2v) is 5.63. The normalized spacial score (nSPS) is 20.9. The van der Waals surface area contributed by atoms with Gasteiger partial charge >= 0.3 is 0 Å². The molecule has 20 heavy (non-hydrogen) atoms. The van der Waals surface area contributed by atoms with Crippen molar-refractivity contribution in [3.8, 4) is 0 Å². The minimum atomic E-state index is -0.00219. The van der Waals surface area contributed by atoms with Gasteiger partial charge in [0.2, 0.25) is 0 Å². The van der Waals surface area contributed by atoms with Gasteiger partial charge in [-0.3, -0.25) is 4.79 Å². The minimum Gasteiger partial charge on any atom is -0.333 e. The highest BCUT2D eigenvalue weighted by molar-refractivity contribution is 5.92. The van der Waals surface area contributed by atoms with Crippen molar-refractivity contribution in [2.75, 3.05) is 26.2 Å². The van der Waals surface area contributed by atoms with Gasteiger partial charge in [-0.05, 0) is 39.3 Å². The van der Waals surface area contributed by atoms with Crippen molar-refractivity contribution in [3.63, 3.8) is 0 Å². The molecule has 0 unspecified atom stereocenters. The third-order valence-corrected chi connectivity index (χ3v) is 4.03. The Bertz CT molecular complexity index is 515. The smallest absolute Gasteiger partial charge is 0.276 e. The summed E-state index contributed by atoms with van der Waals surface area (Å²) in [6, 6.07) is 0.369. The molecule has 1 aromatic heterocycles. The molecule has 0 radical (unpaired) electrons. The van der Waals surface area contributed by atoms with Gasteiger partial charge in [0, 0.05) is 13.1 Å². The zero-order valence-electron chi connectivity index (χ0n) is 11.9. The SMILES string of the molecule is CC1=CCCN(C(=O)c2cn(C3CCNCC3)nn2)C1. The Hall–Kier alpha value is -1.69. The van der Waals surface area contributed by atoms with Crippen LogP contribution in [-0.4, -0.2) is 52.0 Å². The van der Waals surface area contributed by atoms with E-state index in [4.69, 9.17) is 0 Å². The topological polar surface area (TPSA) is 63.1 Å². The summed E-state index contributed by atoms with van der Waals surface area (Å²) in [5.74, 6) is -0.00219. The van der Waals surface area contributed by atoms with E-state index in [-0.39, 0.29) is 5.91 Å². The molecule has 0 aliphatic carbocycles. The molecule has 108 valence electrons. The summed E-state index contributed by atoms with van der Waals surface area (Å²) in [4.78, 5) is 14.3. The maximum atomic E-state index is 12.4. The van der Waals surface area contributed by atoms with E-state index in [0.717, 1.165) is 38.9 Å². The molecule has 1 saturated heterocycles. The predicted octanol–water partition coefficient (Wildman–Crippen LogP) is 0.995. The molecule has 0 spiro atoms. The maximum Gasteiger partial charge on any atom is 0.276 e. The van der Waals surface area contributed by atoms with Crippen LogP contribution in [0.2, 0.25) is 0 Å². The van der Waals surface area contributed by atoms with E-state index in [1.807, 2.05) is 15.8 Å². The third-order valence-electron chi connectivity index (χ3n) is 4.03. The third kappa shape index (κ3) is 2.75. The largest absolute Gasteiger partial charge is 0.333 e. The molecule has 3 rings (SSSR count). The van der Waals surface area contributed by atoms with Crippen LogP contribution in [0.1, 0.15) is 42.7 Å². The fourth-order valence-corrected chi connectivity index (χ4v) is 2.87. The van der Waals surface area contributed by atoms with Crippen molar-refractivity contribution < 1.29 is 4.79 Å². The van der Waals surface area contributed by atoms with Crippen LogP contribution in [0.4, 0.5) is 0 Å². The summed E-state index contributed by atoms with van der Waals surface area (Å²) in [5, 5.41) is 11.6. The molecule has 6 heteroatoms. The summed E-state index contributed by atoms with van der Waals surface area (Å²) in [7, 11) is 0. The van der Waals surface area contributed by atoms with E-state index in [0.29, 0.717) is 18.3 Å².